The van der Waals surface area contributed by atoms with Crippen molar-refractivity contribution in [1.29, 1.82) is 0 Å². The fraction of sp³-hybridized carbons (Fsp3) is 0.100. The summed E-state index contributed by atoms with van der Waals surface area (Å²) in [7, 11) is 0. The molecule has 0 saturated carbocycles. The normalized spacial score (nSPS) is 10.2. The molecule has 9 heteroatoms. The summed E-state index contributed by atoms with van der Waals surface area (Å²) in [5, 5.41) is 28.6. The molecule has 9 nitrogen and oxygen atoms in total. The molecule has 0 aliphatic heterocycles. The summed E-state index contributed by atoms with van der Waals surface area (Å²) in [5.74, 6) is -0.636. The van der Waals surface area contributed by atoms with Crippen molar-refractivity contribution in [3.8, 4) is 5.75 Å². The molecule has 1 aromatic heterocycles. The van der Waals surface area contributed by atoms with Crippen LogP contribution in [0.5, 0.6) is 5.75 Å². The number of hydrogen-bond donors (Lipinski definition) is 3. The number of hydrogen-bond acceptors (Lipinski definition) is 6. The van der Waals surface area contributed by atoms with E-state index in [4.69, 9.17) is 0 Å². The van der Waals surface area contributed by atoms with Crippen LogP contribution in [0.3, 0.4) is 0 Å². The molecule has 0 aliphatic rings. The highest BCUT2D eigenvalue weighted by Crippen LogP contribution is 2.27. The lowest BCUT2D eigenvalue weighted by Gasteiger charge is -2.04. The second-order valence-electron chi connectivity index (χ2n) is 3.66. The van der Waals surface area contributed by atoms with Crippen LogP contribution in [0.1, 0.15) is 16.4 Å². The van der Waals surface area contributed by atoms with Gasteiger partial charge in [-0.1, -0.05) is 0 Å². The molecule has 0 radical (unpaired) electrons. The number of aromatic amines is 1. The lowest BCUT2D eigenvalue weighted by molar-refractivity contribution is -0.384. The number of aromatic hydroxyl groups is 1. The third-order valence-electron chi connectivity index (χ3n) is 2.24. The Balaban J connectivity index is 2.25. The fourth-order valence-electron chi connectivity index (χ4n) is 1.36. The van der Waals surface area contributed by atoms with E-state index in [0.29, 0.717) is 5.82 Å². The van der Waals surface area contributed by atoms with Crippen molar-refractivity contribution in [1.82, 2.24) is 15.2 Å². The van der Waals surface area contributed by atoms with E-state index in [0.717, 1.165) is 18.2 Å². The molecule has 3 N–H and O–H groups in total. The molecule has 0 atom stereocenters. The minimum atomic E-state index is -0.680. The Hall–Kier alpha value is -2.97. The Morgan fingerprint density at radius 1 is 1.53 bits per heavy atom. The average Bonchev–Trinajstić information content (AvgIpc) is 2.78. The first-order valence-corrected chi connectivity index (χ1v) is 5.15. The molecule has 2 aromatic rings. The first kappa shape index (κ1) is 12.5. The van der Waals surface area contributed by atoms with Crippen molar-refractivity contribution < 1.29 is 14.8 Å². The van der Waals surface area contributed by atoms with Gasteiger partial charge in [-0.25, -0.2) is 4.98 Å². The standard InChI is InChI=1S/C10H9N5O4/c1-5-11-9(14-13-5)10(17)12-7-4-6(15(18)19)2-3-8(7)16/h2-4,16H,1H3,(H,12,17)(H,11,13,14). The molecule has 1 aromatic carbocycles. The van der Waals surface area contributed by atoms with Gasteiger partial charge < -0.3 is 10.4 Å². The SMILES string of the molecule is Cc1nc(C(=O)Nc2cc([N+](=O)[O-])ccc2O)n[nH]1. The predicted molar refractivity (Wildman–Crippen MR) is 63.8 cm³/mol. The number of phenols is 1. The van der Waals surface area contributed by atoms with Crippen molar-refractivity contribution in [3.63, 3.8) is 0 Å². The maximum Gasteiger partial charge on any atom is 0.295 e. The van der Waals surface area contributed by atoms with Gasteiger partial charge in [0, 0.05) is 12.1 Å². The van der Waals surface area contributed by atoms with E-state index in [1.807, 2.05) is 0 Å². The zero-order valence-corrected chi connectivity index (χ0v) is 9.75. The number of benzene rings is 1. The van der Waals surface area contributed by atoms with Gasteiger partial charge in [0.15, 0.2) is 0 Å². The van der Waals surface area contributed by atoms with Gasteiger partial charge in [-0.15, -0.1) is 5.10 Å². The van der Waals surface area contributed by atoms with Crippen LogP contribution >= 0.6 is 0 Å². The molecule has 0 spiro atoms. The second-order valence-corrected chi connectivity index (χ2v) is 3.66. The molecule has 2 rings (SSSR count). The fourth-order valence-corrected chi connectivity index (χ4v) is 1.36. The topological polar surface area (TPSA) is 134 Å². The number of anilines is 1. The minimum Gasteiger partial charge on any atom is -0.506 e. The average molecular weight is 263 g/mol. The Morgan fingerprint density at radius 3 is 2.84 bits per heavy atom. The summed E-state index contributed by atoms with van der Waals surface area (Å²) in [6.07, 6.45) is 0. The Labute approximate surface area is 106 Å². The molecule has 0 aliphatic carbocycles. The monoisotopic (exact) mass is 263 g/mol. The maximum absolute atomic E-state index is 11.7. The van der Waals surface area contributed by atoms with Crippen molar-refractivity contribution in [2.24, 2.45) is 0 Å². The Bertz CT molecular complexity index is 651. The molecule has 19 heavy (non-hydrogen) atoms. The number of nitro benzene ring substituents is 1. The Morgan fingerprint density at radius 2 is 2.26 bits per heavy atom. The van der Waals surface area contributed by atoms with Crippen LogP contribution in [0, 0.1) is 17.0 Å². The number of nitrogens with one attached hydrogen (secondary N) is 2. The van der Waals surface area contributed by atoms with E-state index in [-0.39, 0.29) is 22.9 Å². The quantitative estimate of drug-likeness (QED) is 0.429. The lowest BCUT2D eigenvalue weighted by atomic mass is 10.2. The van der Waals surface area contributed by atoms with Gasteiger partial charge in [0.25, 0.3) is 11.6 Å². The highest BCUT2D eigenvalue weighted by atomic mass is 16.6. The van der Waals surface area contributed by atoms with Crippen LogP contribution in [0.4, 0.5) is 11.4 Å². The molecule has 0 bridgehead atoms. The number of nitrogens with zero attached hydrogens (tertiary/aromatic N) is 3. The predicted octanol–water partition coefficient (Wildman–Crippen LogP) is 0.979. The largest absolute Gasteiger partial charge is 0.506 e. The van der Waals surface area contributed by atoms with E-state index in [1.165, 1.54) is 0 Å². The Kier molecular flexibility index (Phi) is 3.10. The first-order chi connectivity index (χ1) is 8.97. The number of nitro groups is 1. The van der Waals surface area contributed by atoms with E-state index >= 15 is 0 Å². The summed E-state index contributed by atoms with van der Waals surface area (Å²) < 4.78 is 0. The summed E-state index contributed by atoms with van der Waals surface area (Å²) in [6, 6.07) is 3.30. The van der Waals surface area contributed by atoms with Gasteiger partial charge in [-0.3, -0.25) is 20.0 Å². The number of amides is 1. The van der Waals surface area contributed by atoms with Gasteiger partial charge in [0.05, 0.1) is 10.6 Å². The van der Waals surface area contributed by atoms with Gasteiger partial charge in [-0.05, 0) is 13.0 Å². The number of aromatic nitrogens is 3. The lowest BCUT2D eigenvalue weighted by Crippen LogP contribution is -2.14. The third kappa shape index (κ3) is 2.65. The highest BCUT2D eigenvalue weighted by molar-refractivity contribution is 6.02. The minimum absolute atomic E-state index is 0.0818. The van der Waals surface area contributed by atoms with Crippen molar-refractivity contribution in [2.45, 2.75) is 6.92 Å². The van der Waals surface area contributed by atoms with E-state index in [9.17, 15) is 20.0 Å². The molecular weight excluding hydrogens is 254 g/mol. The van der Waals surface area contributed by atoms with Gasteiger partial charge in [0.2, 0.25) is 5.82 Å². The molecule has 1 heterocycles. The number of carbonyl (C=O) groups is 1. The smallest absolute Gasteiger partial charge is 0.295 e. The number of H-pyrrole nitrogens is 1. The van der Waals surface area contributed by atoms with Crippen molar-refractivity contribution in [3.05, 3.63) is 40.0 Å². The van der Waals surface area contributed by atoms with Crippen LogP contribution in [0.25, 0.3) is 0 Å². The maximum atomic E-state index is 11.7. The van der Waals surface area contributed by atoms with Crippen molar-refractivity contribution >= 4 is 17.3 Å². The highest BCUT2D eigenvalue weighted by Gasteiger charge is 2.16. The summed E-state index contributed by atoms with van der Waals surface area (Å²) in [5.41, 5.74) is -0.332. The van der Waals surface area contributed by atoms with Crippen LogP contribution in [0.2, 0.25) is 0 Å². The molecule has 1 amide bonds. The summed E-state index contributed by atoms with van der Waals surface area (Å²) in [6.45, 7) is 1.62. The van der Waals surface area contributed by atoms with Gasteiger partial charge in [-0.2, -0.15) is 0 Å². The van der Waals surface area contributed by atoms with E-state index in [1.54, 1.807) is 6.92 Å². The van der Waals surface area contributed by atoms with E-state index in [2.05, 4.69) is 20.5 Å². The van der Waals surface area contributed by atoms with Crippen LogP contribution in [-0.4, -0.2) is 31.1 Å². The van der Waals surface area contributed by atoms with Gasteiger partial charge in [0.1, 0.15) is 11.6 Å². The second kappa shape index (κ2) is 4.72. The zero-order valence-electron chi connectivity index (χ0n) is 9.75. The first-order valence-electron chi connectivity index (χ1n) is 5.15. The number of non-ortho nitro benzene ring substituents is 1. The number of aryl methyl sites for hydroxylation is 1. The van der Waals surface area contributed by atoms with Crippen LogP contribution < -0.4 is 5.32 Å². The number of phenolic OH excluding ortho intramolecular Hbond substituents is 1. The van der Waals surface area contributed by atoms with Crippen molar-refractivity contribution in [2.75, 3.05) is 5.32 Å². The summed E-state index contributed by atoms with van der Waals surface area (Å²) >= 11 is 0. The number of carbonyl (C=O) groups excluding carboxylic acids is 1. The molecule has 0 fully saturated rings. The molecule has 98 valence electrons. The third-order valence-corrected chi connectivity index (χ3v) is 2.24. The van der Waals surface area contributed by atoms with Gasteiger partial charge >= 0.3 is 0 Å². The van der Waals surface area contributed by atoms with Crippen LogP contribution in [0.15, 0.2) is 18.2 Å². The van der Waals surface area contributed by atoms with E-state index < -0.39 is 10.8 Å². The zero-order chi connectivity index (χ0) is 14.0. The molecular formula is C10H9N5O4. The number of rotatable bonds is 3. The van der Waals surface area contributed by atoms with Crippen LogP contribution in [-0.2, 0) is 0 Å². The molecule has 0 unspecified atom stereocenters. The molecule has 0 saturated heterocycles. The summed E-state index contributed by atoms with van der Waals surface area (Å²) in [4.78, 5) is 25.5.